The van der Waals surface area contributed by atoms with E-state index in [9.17, 15) is 4.79 Å². The van der Waals surface area contributed by atoms with Gasteiger partial charge in [-0.1, -0.05) is 0 Å². The summed E-state index contributed by atoms with van der Waals surface area (Å²) in [5.41, 5.74) is 0.930. The molecule has 0 saturated carbocycles. The molecule has 0 amide bonds. The highest BCUT2D eigenvalue weighted by Crippen LogP contribution is 2.11. The number of ether oxygens (including phenoxy) is 1. The van der Waals surface area contributed by atoms with E-state index in [1.165, 1.54) is 7.11 Å². The number of carbonyl (C=O) groups is 1. The third-order valence-corrected chi connectivity index (χ3v) is 2.25. The first kappa shape index (κ1) is 10.6. The van der Waals surface area contributed by atoms with Crippen LogP contribution in [-0.4, -0.2) is 34.7 Å². The van der Waals surface area contributed by atoms with Gasteiger partial charge in [-0.2, -0.15) is 0 Å². The van der Waals surface area contributed by atoms with Crippen LogP contribution in [0.3, 0.4) is 0 Å². The molecule has 0 fully saturated rings. The molecule has 0 aromatic carbocycles. The quantitative estimate of drug-likeness (QED) is 0.750. The van der Waals surface area contributed by atoms with E-state index in [4.69, 9.17) is 0 Å². The number of pyridine rings is 1. The van der Waals surface area contributed by atoms with Crippen molar-refractivity contribution in [1.29, 1.82) is 0 Å². The SMILES string of the molecule is CNCc1nnc2c(C(=O)OC)cccn12. The Bertz CT molecular complexity index is 521. The van der Waals surface area contributed by atoms with Gasteiger partial charge in [-0.25, -0.2) is 4.79 Å². The number of nitrogens with zero attached hydrogens (tertiary/aromatic N) is 3. The predicted molar refractivity (Wildman–Crippen MR) is 57.1 cm³/mol. The van der Waals surface area contributed by atoms with E-state index in [-0.39, 0.29) is 0 Å². The number of hydrogen-bond donors (Lipinski definition) is 1. The molecule has 0 bridgehead atoms. The van der Waals surface area contributed by atoms with Crippen LogP contribution in [0.1, 0.15) is 16.2 Å². The standard InChI is InChI=1S/C10H12N4O2/c1-11-6-8-12-13-9-7(10(15)16-2)4-3-5-14(8)9/h3-5,11H,6H2,1-2H3. The average Bonchev–Trinajstić information content (AvgIpc) is 2.72. The summed E-state index contributed by atoms with van der Waals surface area (Å²) in [5, 5.41) is 11.0. The molecular formula is C10H12N4O2. The topological polar surface area (TPSA) is 68.5 Å². The van der Waals surface area contributed by atoms with Crippen LogP contribution in [0, 0.1) is 0 Å². The van der Waals surface area contributed by atoms with E-state index in [2.05, 4.69) is 20.3 Å². The highest BCUT2D eigenvalue weighted by Gasteiger charge is 2.14. The molecule has 0 aliphatic heterocycles. The zero-order chi connectivity index (χ0) is 11.5. The summed E-state index contributed by atoms with van der Waals surface area (Å²) in [6, 6.07) is 3.43. The Kier molecular flexibility index (Phi) is 2.82. The molecule has 2 aromatic rings. The number of fused-ring (bicyclic) bond motifs is 1. The number of esters is 1. The third-order valence-electron chi connectivity index (χ3n) is 2.25. The van der Waals surface area contributed by atoms with Crippen LogP contribution in [-0.2, 0) is 11.3 Å². The molecule has 1 N–H and O–H groups in total. The number of rotatable bonds is 3. The molecular weight excluding hydrogens is 208 g/mol. The van der Waals surface area contributed by atoms with Gasteiger partial charge in [-0.05, 0) is 19.2 Å². The van der Waals surface area contributed by atoms with Gasteiger partial charge in [0.1, 0.15) is 5.56 Å². The molecule has 2 aromatic heterocycles. The van der Waals surface area contributed by atoms with E-state index in [1.807, 2.05) is 13.2 Å². The first-order valence-corrected chi connectivity index (χ1v) is 4.83. The second-order valence-corrected chi connectivity index (χ2v) is 3.25. The van der Waals surface area contributed by atoms with Gasteiger partial charge in [0.2, 0.25) is 0 Å². The Labute approximate surface area is 92.2 Å². The summed E-state index contributed by atoms with van der Waals surface area (Å²) in [6.45, 7) is 0.589. The second-order valence-electron chi connectivity index (χ2n) is 3.25. The summed E-state index contributed by atoms with van der Waals surface area (Å²) in [5.74, 6) is 0.345. The normalized spacial score (nSPS) is 10.6. The lowest BCUT2D eigenvalue weighted by atomic mass is 10.3. The minimum Gasteiger partial charge on any atom is -0.465 e. The highest BCUT2D eigenvalue weighted by atomic mass is 16.5. The van der Waals surface area contributed by atoms with Crippen molar-refractivity contribution in [3.63, 3.8) is 0 Å². The summed E-state index contributed by atoms with van der Waals surface area (Å²) in [6.07, 6.45) is 1.81. The van der Waals surface area contributed by atoms with Crippen molar-refractivity contribution in [3.05, 3.63) is 29.7 Å². The van der Waals surface area contributed by atoms with Crippen LogP contribution in [0.25, 0.3) is 5.65 Å². The Morgan fingerprint density at radius 1 is 1.56 bits per heavy atom. The van der Waals surface area contributed by atoms with Gasteiger partial charge in [0.25, 0.3) is 0 Å². The lowest BCUT2D eigenvalue weighted by Gasteiger charge is -2.02. The van der Waals surface area contributed by atoms with Crippen LogP contribution < -0.4 is 5.32 Å². The molecule has 0 aliphatic carbocycles. The van der Waals surface area contributed by atoms with Crippen LogP contribution in [0.15, 0.2) is 18.3 Å². The maximum absolute atomic E-state index is 11.5. The smallest absolute Gasteiger partial charge is 0.341 e. The van der Waals surface area contributed by atoms with Gasteiger partial charge >= 0.3 is 5.97 Å². The number of nitrogens with one attached hydrogen (secondary N) is 1. The number of methoxy groups -OCH3 is 1. The van der Waals surface area contributed by atoms with Crippen molar-refractivity contribution < 1.29 is 9.53 Å². The first-order valence-electron chi connectivity index (χ1n) is 4.83. The molecule has 0 aliphatic rings. The van der Waals surface area contributed by atoms with Crippen LogP contribution >= 0.6 is 0 Å². The fourth-order valence-corrected chi connectivity index (χ4v) is 1.51. The van der Waals surface area contributed by atoms with Crippen molar-refractivity contribution in [1.82, 2.24) is 19.9 Å². The molecule has 0 spiro atoms. The van der Waals surface area contributed by atoms with Gasteiger partial charge in [0.05, 0.1) is 13.7 Å². The van der Waals surface area contributed by atoms with Crippen molar-refractivity contribution >= 4 is 11.6 Å². The molecule has 2 heterocycles. The van der Waals surface area contributed by atoms with Crippen molar-refractivity contribution in [2.45, 2.75) is 6.54 Å². The van der Waals surface area contributed by atoms with Gasteiger partial charge in [0.15, 0.2) is 11.5 Å². The van der Waals surface area contributed by atoms with Gasteiger partial charge in [-0.3, -0.25) is 4.40 Å². The van der Waals surface area contributed by atoms with Crippen LogP contribution in [0.4, 0.5) is 0 Å². The second kappa shape index (κ2) is 4.28. The summed E-state index contributed by atoms with van der Waals surface area (Å²) < 4.78 is 6.44. The number of aromatic nitrogens is 3. The first-order chi connectivity index (χ1) is 7.77. The third kappa shape index (κ3) is 1.63. The monoisotopic (exact) mass is 220 g/mol. The van der Waals surface area contributed by atoms with Crippen LogP contribution in [0.2, 0.25) is 0 Å². The van der Waals surface area contributed by atoms with Crippen molar-refractivity contribution in [3.8, 4) is 0 Å². The molecule has 0 saturated heterocycles. The summed E-state index contributed by atoms with van der Waals surface area (Å²) >= 11 is 0. The van der Waals surface area contributed by atoms with Gasteiger partial charge < -0.3 is 10.1 Å². The maximum Gasteiger partial charge on any atom is 0.341 e. The lowest BCUT2D eigenvalue weighted by molar-refractivity contribution is 0.0602. The van der Waals surface area contributed by atoms with E-state index in [1.54, 1.807) is 16.5 Å². The fourth-order valence-electron chi connectivity index (χ4n) is 1.51. The molecule has 0 atom stereocenters. The van der Waals surface area contributed by atoms with Crippen molar-refractivity contribution in [2.24, 2.45) is 0 Å². The van der Waals surface area contributed by atoms with E-state index >= 15 is 0 Å². The van der Waals surface area contributed by atoms with E-state index < -0.39 is 5.97 Å². The minimum absolute atomic E-state index is 0.408. The molecule has 6 nitrogen and oxygen atoms in total. The summed E-state index contributed by atoms with van der Waals surface area (Å²) in [7, 11) is 3.17. The lowest BCUT2D eigenvalue weighted by Crippen LogP contribution is -2.09. The fraction of sp³-hybridized carbons (Fsp3) is 0.300. The maximum atomic E-state index is 11.5. The van der Waals surface area contributed by atoms with E-state index in [0.717, 1.165) is 5.82 Å². The molecule has 16 heavy (non-hydrogen) atoms. The van der Waals surface area contributed by atoms with Gasteiger partial charge in [0, 0.05) is 6.20 Å². The molecule has 6 heteroatoms. The Morgan fingerprint density at radius 3 is 3.06 bits per heavy atom. The zero-order valence-electron chi connectivity index (χ0n) is 9.10. The van der Waals surface area contributed by atoms with Gasteiger partial charge in [-0.15, -0.1) is 10.2 Å². The van der Waals surface area contributed by atoms with Crippen molar-refractivity contribution in [2.75, 3.05) is 14.2 Å². The largest absolute Gasteiger partial charge is 0.465 e. The summed E-state index contributed by atoms with van der Waals surface area (Å²) in [4.78, 5) is 11.5. The number of carbonyl (C=O) groups excluding carboxylic acids is 1. The molecule has 84 valence electrons. The zero-order valence-corrected chi connectivity index (χ0v) is 9.10. The van der Waals surface area contributed by atoms with Crippen LogP contribution in [0.5, 0.6) is 0 Å². The Balaban J connectivity index is 2.57. The minimum atomic E-state index is -0.408. The Morgan fingerprint density at radius 2 is 2.38 bits per heavy atom. The predicted octanol–water partition coefficient (Wildman–Crippen LogP) is 0.235. The highest BCUT2D eigenvalue weighted by molar-refractivity contribution is 5.95. The molecule has 2 rings (SSSR count). The molecule has 0 radical (unpaired) electrons. The average molecular weight is 220 g/mol. The van der Waals surface area contributed by atoms with E-state index in [0.29, 0.717) is 17.8 Å². The molecule has 0 unspecified atom stereocenters. The number of hydrogen-bond acceptors (Lipinski definition) is 5. The Hall–Kier alpha value is -1.95.